The first kappa shape index (κ1) is 21.0. The maximum atomic E-state index is 13.2. The predicted molar refractivity (Wildman–Crippen MR) is 119 cm³/mol. The Balaban J connectivity index is 1.46. The average Bonchev–Trinajstić information content (AvgIpc) is 2.84. The zero-order valence-corrected chi connectivity index (χ0v) is 17.6. The number of benzene rings is 3. The van der Waals surface area contributed by atoms with Crippen molar-refractivity contribution >= 4 is 21.6 Å². The second-order valence-corrected chi connectivity index (χ2v) is 9.21. The first-order chi connectivity index (χ1) is 15.0. The van der Waals surface area contributed by atoms with Gasteiger partial charge >= 0.3 is 0 Å². The lowest BCUT2D eigenvalue weighted by Gasteiger charge is -2.35. The molecule has 7 nitrogen and oxygen atoms in total. The van der Waals surface area contributed by atoms with Crippen LogP contribution < -0.4 is 10.4 Å². The van der Waals surface area contributed by atoms with Crippen LogP contribution in [0.5, 0.6) is 0 Å². The quantitative estimate of drug-likeness (QED) is 0.473. The van der Waals surface area contributed by atoms with Crippen molar-refractivity contribution in [2.24, 2.45) is 0 Å². The van der Waals surface area contributed by atoms with Gasteiger partial charge in [0, 0.05) is 37.4 Å². The standard InChI is InChI=1S/C23H23N3O4S/c27-23(24-28)19-9-11-21(12-10-19)25-13-15-26(16-14-25)31(29,30)22-8-4-7-20(17-22)18-5-2-1-3-6-18/h1-12,17,28H,13-16H2,(H,24,27). The summed E-state index contributed by atoms with van der Waals surface area (Å²) in [4.78, 5) is 13.8. The summed E-state index contributed by atoms with van der Waals surface area (Å²) in [6.07, 6.45) is 0. The fourth-order valence-corrected chi connectivity index (χ4v) is 5.16. The maximum Gasteiger partial charge on any atom is 0.274 e. The molecule has 3 aromatic rings. The third kappa shape index (κ3) is 4.46. The van der Waals surface area contributed by atoms with E-state index >= 15 is 0 Å². The molecular weight excluding hydrogens is 414 g/mol. The summed E-state index contributed by atoms with van der Waals surface area (Å²) in [5.41, 5.74) is 4.70. The maximum absolute atomic E-state index is 13.2. The van der Waals surface area contributed by atoms with Gasteiger partial charge in [0.05, 0.1) is 4.90 Å². The lowest BCUT2D eigenvalue weighted by molar-refractivity contribution is 0.0706. The molecule has 1 amide bonds. The van der Waals surface area contributed by atoms with Crippen molar-refractivity contribution in [3.63, 3.8) is 0 Å². The number of amides is 1. The van der Waals surface area contributed by atoms with Crippen LogP contribution in [0.25, 0.3) is 11.1 Å². The second kappa shape index (κ2) is 8.89. The Labute approximate surface area is 181 Å². The number of hydrogen-bond donors (Lipinski definition) is 2. The third-order valence-corrected chi connectivity index (χ3v) is 7.31. The molecular formula is C23H23N3O4S. The van der Waals surface area contributed by atoms with Gasteiger partial charge in [-0.25, -0.2) is 13.9 Å². The predicted octanol–water partition coefficient (Wildman–Crippen LogP) is 2.98. The van der Waals surface area contributed by atoms with E-state index in [1.807, 2.05) is 36.4 Å². The fraction of sp³-hybridized carbons (Fsp3) is 0.174. The number of sulfonamides is 1. The van der Waals surface area contributed by atoms with E-state index in [2.05, 4.69) is 4.90 Å². The minimum atomic E-state index is -3.59. The molecule has 1 aliphatic heterocycles. The van der Waals surface area contributed by atoms with Crippen LogP contribution in [0.3, 0.4) is 0 Å². The molecule has 4 rings (SSSR count). The van der Waals surface area contributed by atoms with Crippen molar-refractivity contribution in [2.75, 3.05) is 31.1 Å². The molecule has 1 saturated heterocycles. The number of nitrogens with one attached hydrogen (secondary N) is 1. The van der Waals surface area contributed by atoms with E-state index in [1.165, 1.54) is 4.31 Å². The van der Waals surface area contributed by atoms with Crippen molar-refractivity contribution < 1.29 is 18.4 Å². The van der Waals surface area contributed by atoms with Crippen molar-refractivity contribution in [3.8, 4) is 11.1 Å². The van der Waals surface area contributed by atoms with Gasteiger partial charge in [-0.15, -0.1) is 0 Å². The van der Waals surface area contributed by atoms with Gasteiger partial charge in [0.2, 0.25) is 10.0 Å². The first-order valence-corrected chi connectivity index (χ1v) is 11.4. The van der Waals surface area contributed by atoms with Crippen molar-refractivity contribution in [1.29, 1.82) is 0 Å². The van der Waals surface area contributed by atoms with E-state index in [9.17, 15) is 13.2 Å². The van der Waals surface area contributed by atoms with Crippen LogP contribution in [0.4, 0.5) is 5.69 Å². The molecule has 0 atom stereocenters. The average molecular weight is 438 g/mol. The highest BCUT2D eigenvalue weighted by Gasteiger charge is 2.28. The summed E-state index contributed by atoms with van der Waals surface area (Å²) in [6, 6.07) is 23.6. The lowest BCUT2D eigenvalue weighted by Crippen LogP contribution is -2.48. The van der Waals surface area contributed by atoms with Crippen LogP contribution in [-0.4, -0.2) is 50.0 Å². The van der Waals surface area contributed by atoms with Gasteiger partial charge in [0.25, 0.3) is 5.91 Å². The Morgan fingerprint density at radius 3 is 2.10 bits per heavy atom. The van der Waals surface area contributed by atoms with Crippen LogP contribution in [0.2, 0.25) is 0 Å². The molecule has 0 saturated carbocycles. The molecule has 3 aromatic carbocycles. The fourth-order valence-electron chi connectivity index (χ4n) is 3.69. The molecule has 1 heterocycles. The minimum absolute atomic E-state index is 0.293. The summed E-state index contributed by atoms with van der Waals surface area (Å²) in [6.45, 7) is 1.83. The number of rotatable bonds is 5. The molecule has 8 heteroatoms. The van der Waals surface area contributed by atoms with Gasteiger partial charge in [-0.3, -0.25) is 10.0 Å². The molecule has 2 N–H and O–H groups in total. The van der Waals surface area contributed by atoms with Gasteiger partial charge in [0.1, 0.15) is 0 Å². The normalized spacial score (nSPS) is 14.9. The van der Waals surface area contributed by atoms with Gasteiger partial charge in [-0.1, -0.05) is 42.5 Å². The molecule has 160 valence electrons. The van der Waals surface area contributed by atoms with Gasteiger partial charge in [-0.05, 0) is 47.5 Å². The van der Waals surface area contributed by atoms with Crippen molar-refractivity contribution in [2.45, 2.75) is 4.90 Å². The second-order valence-electron chi connectivity index (χ2n) is 7.27. The molecule has 0 aliphatic carbocycles. The molecule has 31 heavy (non-hydrogen) atoms. The zero-order chi connectivity index (χ0) is 21.8. The number of carbonyl (C=O) groups is 1. The Morgan fingerprint density at radius 2 is 1.45 bits per heavy atom. The third-order valence-electron chi connectivity index (χ3n) is 5.41. The molecule has 0 aromatic heterocycles. The van der Waals surface area contributed by atoms with Gasteiger partial charge in [0.15, 0.2) is 0 Å². The number of nitrogens with zero attached hydrogens (tertiary/aromatic N) is 2. The summed E-state index contributed by atoms with van der Waals surface area (Å²) >= 11 is 0. The lowest BCUT2D eigenvalue weighted by atomic mass is 10.1. The van der Waals surface area contributed by atoms with Crippen LogP contribution in [-0.2, 0) is 10.0 Å². The smallest absolute Gasteiger partial charge is 0.274 e. The highest BCUT2D eigenvalue weighted by atomic mass is 32.2. The summed E-state index contributed by atoms with van der Waals surface area (Å²) in [7, 11) is -3.59. The minimum Gasteiger partial charge on any atom is -0.369 e. The summed E-state index contributed by atoms with van der Waals surface area (Å²) < 4.78 is 27.9. The van der Waals surface area contributed by atoms with Gasteiger partial charge in [-0.2, -0.15) is 4.31 Å². The summed E-state index contributed by atoms with van der Waals surface area (Å²) in [5, 5.41) is 8.72. The zero-order valence-electron chi connectivity index (χ0n) is 16.8. The highest BCUT2D eigenvalue weighted by Crippen LogP contribution is 2.26. The van der Waals surface area contributed by atoms with E-state index in [-0.39, 0.29) is 0 Å². The molecule has 1 fully saturated rings. The Bertz CT molecular complexity index is 1160. The molecule has 0 unspecified atom stereocenters. The Morgan fingerprint density at radius 1 is 0.806 bits per heavy atom. The number of hydroxylamine groups is 1. The van der Waals surface area contributed by atoms with Crippen LogP contribution in [0.1, 0.15) is 10.4 Å². The van der Waals surface area contributed by atoms with Crippen molar-refractivity contribution in [3.05, 3.63) is 84.4 Å². The van der Waals surface area contributed by atoms with E-state index in [0.29, 0.717) is 36.6 Å². The molecule has 0 radical (unpaired) electrons. The molecule has 0 spiro atoms. The number of carbonyl (C=O) groups excluding carboxylic acids is 1. The van der Waals surface area contributed by atoms with E-state index in [1.54, 1.807) is 47.9 Å². The van der Waals surface area contributed by atoms with Crippen LogP contribution >= 0.6 is 0 Å². The Hall–Kier alpha value is -3.20. The molecule has 0 bridgehead atoms. The summed E-state index contributed by atoms with van der Waals surface area (Å²) in [5.74, 6) is -0.569. The molecule has 1 aliphatic rings. The topological polar surface area (TPSA) is 89.9 Å². The number of piperazine rings is 1. The van der Waals surface area contributed by atoms with E-state index in [4.69, 9.17) is 5.21 Å². The van der Waals surface area contributed by atoms with E-state index < -0.39 is 15.9 Å². The van der Waals surface area contributed by atoms with Crippen LogP contribution in [0.15, 0.2) is 83.8 Å². The highest BCUT2D eigenvalue weighted by molar-refractivity contribution is 7.89. The van der Waals surface area contributed by atoms with E-state index in [0.717, 1.165) is 16.8 Å². The monoisotopic (exact) mass is 437 g/mol. The first-order valence-electron chi connectivity index (χ1n) is 9.94. The SMILES string of the molecule is O=C(NO)c1ccc(N2CCN(S(=O)(=O)c3cccc(-c4ccccc4)c3)CC2)cc1. The Kier molecular flexibility index (Phi) is 6.03. The largest absolute Gasteiger partial charge is 0.369 e. The van der Waals surface area contributed by atoms with Crippen molar-refractivity contribution in [1.82, 2.24) is 9.79 Å². The van der Waals surface area contributed by atoms with Crippen LogP contribution in [0, 0.1) is 0 Å². The number of hydrogen-bond acceptors (Lipinski definition) is 5. The number of anilines is 1. The van der Waals surface area contributed by atoms with Gasteiger partial charge < -0.3 is 4.90 Å².